The molecule has 1 aliphatic heterocycles. The summed E-state index contributed by atoms with van der Waals surface area (Å²) >= 11 is 0. The lowest BCUT2D eigenvalue weighted by Gasteiger charge is -2.20. The topological polar surface area (TPSA) is 52.7 Å². The van der Waals surface area contributed by atoms with Crippen molar-refractivity contribution in [3.05, 3.63) is 119 Å². The van der Waals surface area contributed by atoms with Gasteiger partial charge in [-0.1, -0.05) is 60.7 Å². The van der Waals surface area contributed by atoms with E-state index in [1.54, 1.807) is 0 Å². The van der Waals surface area contributed by atoms with Crippen LogP contribution in [-0.4, -0.2) is 46.8 Å². The van der Waals surface area contributed by atoms with E-state index in [2.05, 4.69) is 24.3 Å². The van der Waals surface area contributed by atoms with E-state index in [9.17, 15) is 10.2 Å². The molecule has 2 aromatic carbocycles. The average molecular weight is 413 g/mol. The molecule has 4 rings (SSSR count). The molecular weight excluding hydrogens is 386 g/mol. The van der Waals surface area contributed by atoms with Crippen LogP contribution in [0.15, 0.2) is 108 Å². The lowest BCUT2D eigenvalue weighted by molar-refractivity contribution is -0.530. The fraction of sp³-hybridized carbons (Fsp3) is 0.148. The van der Waals surface area contributed by atoms with Crippen LogP contribution in [0.5, 0.6) is 0 Å². The normalized spacial score (nSPS) is 15.5. The summed E-state index contributed by atoms with van der Waals surface area (Å²) in [5, 5.41) is 18.6. The van der Waals surface area contributed by atoms with Crippen molar-refractivity contribution in [2.75, 3.05) is 26.3 Å². The van der Waals surface area contributed by atoms with Gasteiger partial charge in [-0.05, 0) is 35.5 Å². The smallest absolute Gasteiger partial charge is 0.200 e. The third-order valence-corrected chi connectivity index (χ3v) is 5.22. The molecule has 1 aliphatic carbocycles. The summed E-state index contributed by atoms with van der Waals surface area (Å²) in [4.78, 5) is 0. The van der Waals surface area contributed by atoms with Crippen LogP contribution in [0.25, 0.3) is 11.5 Å². The summed E-state index contributed by atoms with van der Waals surface area (Å²) in [6.45, 7) is 1.06. The van der Waals surface area contributed by atoms with Gasteiger partial charge in [0, 0.05) is 23.3 Å². The number of allylic oxidation sites excluding steroid dienone is 8. The number of hydrogen-bond donors (Lipinski definition) is 2. The van der Waals surface area contributed by atoms with Crippen molar-refractivity contribution in [3.63, 3.8) is 0 Å². The van der Waals surface area contributed by atoms with E-state index in [0.717, 1.165) is 39.5 Å². The minimum atomic E-state index is 0.0445. The number of ether oxygens (including phenoxy) is 1. The Morgan fingerprint density at radius 2 is 1.10 bits per heavy atom. The summed E-state index contributed by atoms with van der Waals surface area (Å²) in [7, 11) is 0. The summed E-state index contributed by atoms with van der Waals surface area (Å²) < 4.78 is 8.24. The lowest BCUT2D eigenvalue weighted by Crippen LogP contribution is -2.26. The van der Waals surface area contributed by atoms with E-state index in [-0.39, 0.29) is 13.2 Å². The minimum absolute atomic E-state index is 0.0445. The fourth-order valence-corrected chi connectivity index (χ4v) is 3.63. The Hall–Kier alpha value is -3.47. The number of benzene rings is 2. The molecule has 2 aromatic rings. The molecule has 0 atom stereocenters. The van der Waals surface area contributed by atoms with Crippen molar-refractivity contribution >= 4 is 17.2 Å². The Labute approximate surface area is 182 Å². The predicted molar refractivity (Wildman–Crippen MR) is 124 cm³/mol. The van der Waals surface area contributed by atoms with Crippen LogP contribution in [0.4, 0.5) is 0 Å². The number of hydrogen-bond acceptors (Lipinski definition) is 3. The van der Waals surface area contributed by atoms with Crippen molar-refractivity contribution < 1.29 is 19.5 Å². The molecule has 156 valence electrons. The Morgan fingerprint density at radius 3 is 1.55 bits per heavy atom. The highest BCUT2D eigenvalue weighted by atomic mass is 16.5. The zero-order valence-corrected chi connectivity index (χ0v) is 17.3. The lowest BCUT2D eigenvalue weighted by atomic mass is 9.97. The van der Waals surface area contributed by atoms with Crippen molar-refractivity contribution in [1.82, 2.24) is 0 Å². The second kappa shape index (κ2) is 10.0. The molecule has 0 bridgehead atoms. The van der Waals surface area contributed by atoms with Crippen molar-refractivity contribution in [2.45, 2.75) is 0 Å². The van der Waals surface area contributed by atoms with Gasteiger partial charge < -0.3 is 14.9 Å². The highest BCUT2D eigenvalue weighted by molar-refractivity contribution is 6.02. The van der Waals surface area contributed by atoms with E-state index < -0.39 is 0 Å². The van der Waals surface area contributed by atoms with Gasteiger partial charge in [-0.2, -0.15) is 0 Å². The molecule has 4 nitrogen and oxygen atoms in total. The van der Waals surface area contributed by atoms with E-state index in [0.29, 0.717) is 13.1 Å². The van der Waals surface area contributed by atoms with E-state index in [1.165, 1.54) is 0 Å². The molecule has 0 radical (unpaired) electrons. The third kappa shape index (κ3) is 5.00. The molecule has 31 heavy (non-hydrogen) atoms. The number of nitrogens with zero attached hydrogens (tertiary/aromatic N) is 1. The van der Waals surface area contributed by atoms with Crippen LogP contribution in [0.2, 0.25) is 0 Å². The average Bonchev–Trinajstić information content (AvgIpc) is 2.85. The van der Waals surface area contributed by atoms with Gasteiger partial charge in [0.2, 0.25) is 0 Å². The standard InChI is InChI=1S/C27H26NO3/c29-17-15-28(16-18-30)25-13-11-21(12-14-25)24-19-26(22-7-3-1-4-8-22)31-27(20-24)23-9-5-2-6-10-23/h1-14,19-20,29-30H,15-18H2/q+1. The molecular formula is C27H26NO3+. The molecule has 0 unspecified atom stereocenters. The Balaban J connectivity index is 1.75. The molecule has 0 saturated heterocycles. The van der Waals surface area contributed by atoms with Crippen molar-refractivity contribution in [1.29, 1.82) is 0 Å². The molecule has 2 N–H and O–H groups in total. The predicted octanol–water partition coefficient (Wildman–Crippen LogP) is 3.96. The summed E-state index contributed by atoms with van der Waals surface area (Å²) in [5.41, 5.74) is 5.15. The van der Waals surface area contributed by atoms with Crippen molar-refractivity contribution in [3.8, 4) is 0 Å². The van der Waals surface area contributed by atoms with Gasteiger partial charge in [0.25, 0.3) is 0 Å². The maximum absolute atomic E-state index is 9.30. The Kier molecular flexibility index (Phi) is 6.72. The summed E-state index contributed by atoms with van der Waals surface area (Å²) in [6, 6.07) is 20.2. The second-order valence-corrected chi connectivity index (χ2v) is 7.29. The van der Waals surface area contributed by atoms with Crippen LogP contribution in [0, 0.1) is 0 Å². The Bertz CT molecular complexity index is 1020. The molecule has 4 heteroatoms. The van der Waals surface area contributed by atoms with Crippen LogP contribution in [-0.2, 0) is 4.74 Å². The van der Waals surface area contributed by atoms with E-state index in [1.807, 2.05) is 77.4 Å². The van der Waals surface area contributed by atoms with E-state index in [4.69, 9.17) is 4.74 Å². The zero-order chi connectivity index (χ0) is 21.5. The SMILES string of the molecule is OCC[N+](CCO)=C1C=CC(=C2C=C(c3ccccc3)OC(c3ccccc3)=C2)C=C1. The minimum Gasteiger partial charge on any atom is -0.456 e. The summed E-state index contributed by atoms with van der Waals surface area (Å²) in [5.74, 6) is 1.62. The highest BCUT2D eigenvalue weighted by Crippen LogP contribution is 2.33. The highest BCUT2D eigenvalue weighted by Gasteiger charge is 2.18. The van der Waals surface area contributed by atoms with Crippen molar-refractivity contribution in [2.24, 2.45) is 0 Å². The molecule has 0 amide bonds. The number of aliphatic hydroxyl groups is 2. The van der Waals surface area contributed by atoms with Crippen LogP contribution in [0.1, 0.15) is 11.1 Å². The van der Waals surface area contributed by atoms with Gasteiger partial charge in [-0.15, -0.1) is 0 Å². The molecule has 0 aromatic heterocycles. The van der Waals surface area contributed by atoms with Gasteiger partial charge in [-0.25, -0.2) is 4.58 Å². The first-order valence-electron chi connectivity index (χ1n) is 10.4. The fourth-order valence-electron chi connectivity index (χ4n) is 3.63. The quantitative estimate of drug-likeness (QED) is 0.706. The van der Waals surface area contributed by atoms with Crippen LogP contribution < -0.4 is 0 Å². The largest absolute Gasteiger partial charge is 0.456 e. The van der Waals surface area contributed by atoms with Gasteiger partial charge in [0.05, 0.1) is 0 Å². The second-order valence-electron chi connectivity index (χ2n) is 7.29. The maximum Gasteiger partial charge on any atom is 0.200 e. The molecule has 0 saturated carbocycles. The molecule has 1 heterocycles. The molecule has 0 fully saturated rings. The third-order valence-electron chi connectivity index (χ3n) is 5.22. The monoisotopic (exact) mass is 412 g/mol. The zero-order valence-electron chi connectivity index (χ0n) is 17.3. The van der Waals surface area contributed by atoms with Gasteiger partial charge >= 0.3 is 0 Å². The maximum atomic E-state index is 9.30. The number of rotatable bonds is 6. The van der Waals surface area contributed by atoms with Gasteiger partial charge in [0.15, 0.2) is 18.8 Å². The number of aliphatic hydroxyl groups excluding tert-OH is 2. The summed E-state index contributed by atoms with van der Waals surface area (Å²) in [6.07, 6.45) is 12.3. The first kappa shape index (κ1) is 20.8. The first-order chi connectivity index (χ1) is 15.3. The van der Waals surface area contributed by atoms with Crippen LogP contribution in [0.3, 0.4) is 0 Å². The Morgan fingerprint density at radius 1 is 0.613 bits per heavy atom. The first-order valence-corrected chi connectivity index (χ1v) is 10.4. The van der Waals surface area contributed by atoms with E-state index >= 15 is 0 Å². The van der Waals surface area contributed by atoms with Crippen LogP contribution >= 0.6 is 0 Å². The van der Waals surface area contributed by atoms with Gasteiger partial charge in [0.1, 0.15) is 24.7 Å². The molecule has 0 spiro atoms. The molecule has 2 aliphatic rings. The van der Waals surface area contributed by atoms with Gasteiger partial charge in [-0.3, -0.25) is 0 Å².